The maximum absolute atomic E-state index is 12.5. The maximum atomic E-state index is 12.5. The van der Waals surface area contributed by atoms with Crippen LogP contribution >= 0.6 is 11.3 Å². The van der Waals surface area contributed by atoms with E-state index in [0.717, 1.165) is 22.3 Å². The molecule has 3 N–H and O–H groups in total. The van der Waals surface area contributed by atoms with Gasteiger partial charge in [0.05, 0.1) is 0 Å². The van der Waals surface area contributed by atoms with Crippen molar-refractivity contribution in [3.8, 4) is 0 Å². The largest absolute Gasteiger partial charge is 0.326 e. The number of nitrogens with one attached hydrogen (secondary N) is 1. The molecule has 0 aromatic carbocycles. The Morgan fingerprint density at radius 3 is 2.45 bits per heavy atom. The summed E-state index contributed by atoms with van der Waals surface area (Å²) in [6, 6.07) is 0. The highest BCUT2D eigenvalue weighted by Gasteiger charge is 2.41. The molecule has 1 aromatic heterocycles. The summed E-state index contributed by atoms with van der Waals surface area (Å²) in [4.78, 5) is 1.17. The van der Waals surface area contributed by atoms with Crippen LogP contribution in [0.5, 0.6) is 0 Å². The molecule has 3 rings (SSSR count). The Morgan fingerprint density at radius 1 is 1.35 bits per heavy atom. The van der Waals surface area contributed by atoms with E-state index in [9.17, 15) is 8.42 Å². The molecule has 2 fully saturated rings. The number of hydrogen-bond acceptors (Lipinski definition) is 4. The van der Waals surface area contributed by atoms with E-state index in [4.69, 9.17) is 5.73 Å². The van der Waals surface area contributed by atoms with Crippen LogP contribution in [-0.2, 0) is 16.6 Å². The minimum atomic E-state index is -3.42. The highest BCUT2D eigenvalue weighted by atomic mass is 32.2. The van der Waals surface area contributed by atoms with Gasteiger partial charge in [0.2, 0.25) is 10.0 Å². The molecule has 0 spiro atoms. The number of rotatable bonds is 7. The highest BCUT2D eigenvalue weighted by Crippen LogP contribution is 2.49. The Hall–Kier alpha value is -0.430. The number of aryl methyl sites for hydroxylation is 1. The van der Waals surface area contributed by atoms with Crippen molar-refractivity contribution >= 4 is 21.4 Å². The Kier molecular flexibility index (Phi) is 3.92. The smallest absolute Gasteiger partial charge is 0.241 e. The van der Waals surface area contributed by atoms with Gasteiger partial charge in [-0.25, -0.2) is 13.1 Å². The first-order valence-electron chi connectivity index (χ1n) is 7.29. The van der Waals surface area contributed by atoms with Gasteiger partial charge in [-0.15, -0.1) is 11.3 Å². The Balaban J connectivity index is 1.73. The van der Waals surface area contributed by atoms with Crippen molar-refractivity contribution in [1.29, 1.82) is 0 Å². The summed E-state index contributed by atoms with van der Waals surface area (Å²) in [6.07, 6.45) is 5.09. The minimum Gasteiger partial charge on any atom is -0.326 e. The van der Waals surface area contributed by atoms with Crippen molar-refractivity contribution in [1.82, 2.24) is 4.72 Å². The van der Waals surface area contributed by atoms with E-state index in [2.05, 4.69) is 4.72 Å². The second-order valence-corrected chi connectivity index (χ2v) is 8.73. The van der Waals surface area contributed by atoms with E-state index in [1.54, 1.807) is 0 Å². The highest BCUT2D eigenvalue weighted by molar-refractivity contribution is 7.89. The first-order chi connectivity index (χ1) is 9.53. The third-order valence-electron chi connectivity index (χ3n) is 4.41. The van der Waals surface area contributed by atoms with Gasteiger partial charge in [-0.05, 0) is 61.3 Å². The number of thiophene rings is 1. The fourth-order valence-electron chi connectivity index (χ4n) is 3.03. The van der Waals surface area contributed by atoms with E-state index < -0.39 is 10.0 Å². The monoisotopic (exact) mass is 314 g/mol. The molecule has 2 aliphatic rings. The average Bonchev–Trinajstić information content (AvgIpc) is 3.29. The van der Waals surface area contributed by atoms with Crippen molar-refractivity contribution < 1.29 is 8.42 Å². The van der Waals surface area contributed by atoms with Crippen LogP contribution in [0.4, 0.5) is 0 Å². The summed E-state index contributed by atoms with van der Waals surface area (Å²) in [5, 5.41) is 1.87. The molecule has 0 aliphatic heterocycles. The molecular formula is C14H22N2O2S2. The van der Waals surface area contributed by atoms with Gasteiger partial charge < -0.3 is 5.73 Å². The normalized spacial score (nSPS) is 19.8. The molecule has 0 atom stereocenters. The van der Waals surface area contributed by atoms with Crippen molar-refractivity contribution in [2.24, 2.45) is 23.5 Å². The van der Waals surface area contributed by atoms with Gasteiger partial charge in [-0.1, -0.05) is 0 Å². The number of nitrogens with two attached hydrogens (primary N) is 1. The van der Waals surface area contributed by atoms with Crippen molar-refractivity contribution in [3.63, 3.8) is 0 Å². The van der Waals surface area contributed by atoms with Crippen LogP contribution in [0.1, 0.15) is 36.1 Å². The zero-order valence-corrected chi connectivity index (χ0v) is 13.4. The number of hydrogen-bond donors (Lipinski definition) is 2. The lowest BCUT2D eigenvalue weighted by molar-refractivity contribution is 0.401. The van der Waals surface area contributed by atoms with Crippen molar-refractivity contribution in [3.05, 3.63) is 15.8 Å². The predicted molar refractivity (Wildman–Crippen MR) is 81.1 cm³/mol. The molecular weight excluding hydrogens is 292 g/mol. The van der Waals surface area contributed by atoms with E-state index in [1.165, 1.54) is 37.0 Å². The van der Waals surface area contributed by atoms with E-state index in [1.807, 2.05) is 12.3 Å². The molecule has 0 saturated heterocycles. The van der Waals surface area contributed by atoms with Crippen molar-refractivity contribution in [2.75, 3.05) is 6.54 Å². The van der Waals surface area contributed by atoms with Gasteiger partial charge in [0.25, 0.3) is 0 Å². The summed E-state index contributed by atoms with van der Waals surface area (Å²) < 4.78 is 27.9. The molecule has 0 amide bonds. The van der Waals surface area contributed by atoms with Crippen LogP contribution in [0, 0.1) is 24.7 Å². The zero-order chi connectivity index (χ0) is 14.3. The van der Waals surface area contributed by atoms with Gasteiger partial charge in [0.15, 0.2) is 0 Å². The molecule has 2 saturated carbocycles. The fourth-order valence-corrected chi connectivity index (χ4v) is 5.81. The molecule has 1 aromatic rings. The van der Waals surface area contributed by atoms with Crippen LogP contribution < -0.4 is 10.5 Å². The predicted octanol–water partition coefficient (Wildman–Crippen LogP) is 2.23. The van der Waals surface area contributed by atoms with Crippen molar-refractivity contribution in [2.45, 2.75) is 44.0 Å². The standard InChI is InChI=1S/C14H22N2O2S2/c1-9-8-19-13(6-15)14(9)20(17,18)16-7-12(10-2-3-10)11-4-5-11/h8,10-12,16H,2-7,15H2,1H3. The molecule has 0 radical (unpaired) electrons. The Labute approximate surface area is 124 Å². The molecule has 2 aliphatic carbocycles. The molecule has 0 unspecified atom stereocenters. The third kappa shape index (κ3) is 2.93. The lowest BCUT2D eigenvalue weighted by Crippen LogP contribution is -2.32. The van der Waals surface area contributed by atoms with Gasteiger partial charge in [0, 0.05) is 18.0 Å². The molecule has 112 valence electrons. The van der Waals surface area contributed by atoms with Crippen LogP contribution in [-0.4, -0.2) is 15.0 Å². The van der Waals surface area contributed by atoms with Gasteiger partial charge in [-0.2, -0.15) is 0 Å². The van der Waals surface area contributed by atoms with E-state index >= 15 is 0 Å². The summed E-state index contributed by atoms with van der Waals surface area (Å²) in [5.41, 5.74) is 6.45. The summed E-state index contributed by atoms with van der Waals surface area (Å²) in [6.45, 7) is 2.71. The van der Waals surface area contributed by atoms with Crippen LogP contribution in [0.15, 0.2) is 10.3 Å². The first-order valence-corrected chi connectivity index (χ1v) is 9.66. The van der Waals surface area contributed by atoms with Gasteiger partial charge >= 0.3 is 0 Å². The third-order valence-corrected chi connectivity index (χ3v) is 7.32. The zero-order valence-electron chi connectivity index (χ0n) is 11.8. The molecule has 0 bridgehead atoms. The van der Waals surface area contributed by atoms with Crippen LogP contribution in [0.3, 0.4) is 0 Å². The first kappa shape index (κ1) is 14.5. The fraction of sp³-hybridized carbons (Fsp3) is 0.714. The second kappa shape index (κ2) is 5.40. The van der Waals surface area contributed by atoms with Crippen LogP contribution in [0.25, 0.3) is 0 Å². The summed E-state index contributed by atoms with van der Waals surface area (Å²) >= 11 is 1.43. The van der Waals surface area contributed by atoms with Crippen LogP contribution in [0.2, 0.25) is 0 Å². The lowest BCUT2D eigenvalue weighted by Gasteiger charge is -2.16. The van der Waals surface area contributed by atoms with E-state index in [-0.39, 0.29) is 6.54 Å². The molecule has 4 nitrogen and oxygen atoms in total. The molecule has 20 heavy (non-hydrogen) atoms. The topological polar surface area (TPSA) is 72.2 Å². The Bertz CT molecular complexity index is 574. The quantitative estimate of drug-likeness (QED) is 0.810. The lowest BCUT2D eigenvalue weighted by atomic mass is 9.99. The summed E-state index contributed by atoms with van der Waals surface area (Å²) in [7, 11) is -3.42. The average molecular weight is 314 g/mol. The number of sulfonamides is 1. The van der Waals surface area contributed by atoms with E-state index in [0.29, 0.717) is 17.4 Å². The maximum Gasteiger partial charge on any atom is 0.241 e. The molecule has 6 heteroatoms. The minimum absolute atomic E-state index is 0.281. The SMILES string of the molecule is Cc1csc(CN)c1S(=O)(=O)NCC(C1CC1)C1CC1. The van der Waals surface area contributed by atoms with Gasteiger partial charge in [0.1, 0.15) is 4.90 Å². The molecule has 1 heterocycles. The van der Waals surface area contributed by atoms with Gasteiger partial charge in [-0.3, -0.25) is 0 Å². The summed E-state index contributed by atoms with van der Waals surface area (Å²) in [5.74, 6) is 2.05. The second-order valence-electron chi connectivity index (χ2n) is 6.07. The Morgan fingerprint density at radius 2 is 1.95 bits per heavy atom.